The zero-order chi connectivity index (χ0) is 15.8. The topological polar surface area (TPSA) is 90.5 Å². The normalized spacial score (nSPS) is 21.1. The van der Waals surface area contributed by atoms with Gasteiger partial charge in [-0.3, -0.25) is 9.59 Å². The molecule has 1 atom stereocenters. The van der Waals surface area contributed by atoms with Crippen molar-refractivity contribution in [1.82, 2.24) is 9.88 Å². The summed E-state index contributed by atoms with van der Waals surface area (Å²) in [5.74, 6) is -1.55. The average Bonchev–Trinajstić information content (AvgIpc) is 2.36. The third kappa shape index (κ3) is 2.84. The second kappa shape index (κ2) is 5.35. The van der Waals surface area contributed by atoms with Gasteiger partial charge in [0.1, 0.15) is 11.6 Å². The number of aliphatic carboxylic acids is 1. The number of carboxylic acid groups (broad SMARTS) is 1. The Labute approximate surface area is 122 Å². The maximum absolute atomic E-state index is 12.6. The van der Waals surface area contributed by atoms with Gasteiger partial charge in [-0.15, -0.1) is 0 Å². The highest BCUT2D eigenvalue weighted by atomic mass is 16.4. The molecule has 1 saturated heterocycles. The molecule has 0 spiro atoms. The molecule has 1 aliphatic rings. The van der Waals surface area contributed by atoms with E-state index in [9.17, 15) is 19.5 Å². The lowest BCUT2D eigenvalue weighted by molar-refractivity contribution is -0.148. The molecule has 1 aromatic heterocycles. The minimum atomic E-state index is -1.03. The lowest BCUT2D eigenvalue weighted by Crippen LogP contribution is -2.56. The van der Waals surface area contributed by atoms with Gasteiger partial charge in [0, 0.05) is 12.2 Å². The summed E-state index contributed by atoms with van der Waals surface area (Å²) in [5.41, 5.74) is -0.348. The number of pyridine rings is 1. The molecule has 1 fully saturated rings. The molecule has 2 rings (SSSR count). The number of aromatic nitrogens is 1. The van der Waals surface area contributed by atoms with Gasteiger partial charge in [0.2, 0.25) is 0 Å². The van der Waals surface area contributed by atoms with Gasteiger partial charge < -0.3 is 15.0 Å². The second-order valence-corrected chi connectivity index (χ2v) is 6.22. The molecule has 1 aromatic rings. The van der Waals surface area contributed by atoms with Crippen molar-refractivity contribution in [3.8, 4) is 0 Å². The summed E-state index contributed by atoms with van der Waals surface area (Å²) in [7, 11) is 0. The van der Waals surface area contributed by atoms with E-state index in [4.69, 9.17) is 0 Å². The molecular weight excluding hydrogens is 272 g/mol. The summed E-state index contributed by atoms with van der Waals surface area (Å²) in [6.45, 7) is 5.75. The third-order valence-corrected chi connectivity index (χ3v) is 4.05. The molecule has 0 aliphatic carbocycles. The van der Waals surface area contributed by atoms with E-state index < -0.39 is 28.9 Å². The van der Waals surface area contributed by atoms with Crippen LogP contribution in [0.25, 0.3) is 0 Å². The number of likely N-dealkylation sites (tertiary alicyclic amines) is 1. The number of rotatable bonds is 2. The maximum atomic E-state index is 12.6. The highest BCUT2D eigenvalue weighted by Gasteiger charge is 2.45. The number of nitrogens with one attached hydrogen (secondary N) is 1. The van der Waals surface area contributed by atoms with Crippen LogP contribution in [0.4, 0.5) is 0 Å². The van der Waals surface area contributed by atoms with Crippen molar-refractivity contribution >= 4 is 11.9 Å². The number of amides is 1. The fourth-order valence-corrected chi connectivity index (χ4v) is 2.97. The largest absolute Gasteiger partial charge is 0.480 e. The lowest BCUT2D eigenvalue weighted by atomic mass is 9.76. The fraction of sp³-hybridized carbons (Fsp3) is 0.533. The zero-order valence-corrected chi connectivity index (χ0v) is 12.5. The molecular formula is C15H20N2O4. The summed E-state index contributed by atoms with van der Waals surface area (Å²) in [4.78, 5) is 39.9. The molecule has 6 nitrogen and oxygen atoms in total. The first-order chi connectivity index (χ1) is 9.74. The number of hydrogen-bond donors (Lipinski definition) is 2. The molecule has 2 heterocycles. The molecule has 1 amide bonds. The van der Waals surface area contributed by atoms with Crippen LogP contribution in [0.5, 0.6) is 0 Å². The van der Waals surface area contributed by atoms with Crippen molar-refractivity contribution in [3.63, 3.8) is 0 Å². The quantitative estimate of drug-likeness (QED) is 0.862. The minimum Gasteiger partial charge on any atom is -0.480 e. The number of carboxylic acids is 1. The van der Waals surface area contributed by atoms with Gasteiger partial charge in [0.15, 0.2) is 0 Å². The van der Waals surface area contributed by atoms with Gasteiger partial charge in [0.25, 0.3) is 11.5 Å². The summed E-state index contributed by atoms with van der Waals surface area (Å²) < 4.78 is 0. The molecule has 21 heavy (non-hydrogen) atoms. The Morgan fingerprint density at radius 1 is 1.38 bits per heavy atom. The monoisotopic (exact) mass is 292 g/mol. The number of aromatic amines is 1. The zero-order valence-electron chi connectivity index (χ0n) is 12.5. The van der Waals surface area contributed by atoms with E-state index in [2.05, 4.69) is 4.98 Å². The van der Waals surface area contributed by atoms with Gasteiger partial charge in [0.05, 0.1) is 0 Å². The number of hydrogen-bond acceptors (Lipinski definition) is 3. The van der Waals surface area contributed by atoms with Crippen molar-refractivity contribution in [2.45, 2.75) is 39.7 Å². The van der Waals surface area contributed by atoms with Crippen LogP contribution in [0.1, 0.15) is 42.7 Å². The standard InChI is InChI=1S/C15H20N2O4/c1-9-5-6-10(12(18)16-9)13(19)17-8-4-7-15(2,3)11(17)14(20)21/h5-6,11H,4,7-8H2,1-3H3,(H,16,18)(H,20,21). The predicted molar refractivity (Wildman–Crippen MR) is 77.3 cm³/mol. The summed E-state index contributed by atoms with van der Waals surface area (Å²) >= 11 is 0. The van der Waals surface area contributed by atoms with Crippen molar-refractivity contribution in [2.24, 2.45) is 5.41 Å². The van der Waals surface area contributed by atoms with Crippen LogP contribution in [-0.4, -0.2) is 39.5 Å². The van der Waals surface area contributed by atoms with Gasteiger partial charge in [-0.05, 0) is 37.3 Å². The van der Waals surface area contributed by atoms with E-state index in [0.717, 1.165) is 12.8 Å². The first kappa shape index (κ1) is 15.3. The molecule has 0 bridgehead atoms. The van der Waals surface area contributed by atoms with Crippen molar-refractivity contribution in [3.05, 3.63) is 33.7 Å². The lowest BCUT2D eigenvalue weighted by Gasteiger charge is -2.43. The van der Waals surface area contributed by atoms with E-state index in [1.54, 1.807) is 13.0 Å². The summed E-state index contributed by atoms with van der Waals surface area (Å²) in [6.07, 6.45) is 1.46. The molecule has 1 unspecified atom stereocenters. The Kier molecular flexibility index (Phi) is 3.89. The highest BCUT2D eigenvalue weighted by molar-refractivity contribution is 5.96. The molecule has 2 N–H and O–H groups in total. The van der Waals surface area contributed by atoms with E-state index in [0.29, 0.717) is 12.2 Å². The Bertz CT molecular complexity index is 633. The van der Waals surface area contributed by atoms with E-state index in [1.165, 1.54) is 11.0 Å². The maximum Gasteiger partial charge on any atom is 0.326 e. The third-order valence-electron chi connectivity index (χ3n) is 4.05. The Morgan fingerprint density at radius 2 is 2.05 bits per heavy atom. The molecule has 1 aliphatic heterocycles. The fourth-order valence-electron chi connectivity index (χ4n) is 2.97. The SMILES string of the molecule is Cc1ccc(C(=O)N2CCCC(C)(C)C2C(=O)O)c(=O)[nH]1. The van der Waals surface area contributed by atoms with Crippen LogP contribution in [0.2, 0.25) is 0 Å². The Balaban J connectivity index is 2.41. The molecule has 0 radical (unpaired) electrons. The number of carbonyl (C=O) groups excluding carboxylic acids is 1. The van der Waals surface area contributed by atoms with Crippen LogP contribution in [0.15, 0.2) is 16.9 Å². The van der Waals surface area contributed by atoms with E-state index in [1.807, 2.05) is 13.8 Å². The highest BCUT2D eigenvalue weighted by Crippen LogP contribution is 2.35. The number of carbonyl (C=O) groups is 2. The van der Waals surface area contributed by atoms with Gasteiger partial charge >= 0.3 is 5.97 Å². The molecule has 0 saturated carbocycles. The van der Waals surface area contributed by atoms with Gasteiger partial charge in [-0.2, -0.15) is 0 Å². The first-order valence-electron chi connectivity index (χ1n) is 6.98. The molecule has 114 valence electrons. The Morgan fingerprint density at radius 3 is 2.62 bits per heavy atom. The average molecular weight is 292 g/mol. The molecule has 6 heteroatoms. The first-order valence-corrected chi connectivity index (χ1v) is 6.98. The smallest absolute Gasteiger partial charge is 0.326 e. The van der Waals surface area contributed by atoms with Gasteiger partial charge in [-0.1, -0.05) is 13.8 Å². The minimum absolute atomic E-state index is 0.00968. The predicted octanol–water partition coefficient (Wildman–Crippen LogP) is 1.40. The van der Waals surface area contributed by atoms with Crippen LogP contribution >= 0.6 is 0 Å². The summed E-state index contributed by atoms with van der Waals surface area (Å²) in [5, 5.41) is 9.47. The van der Waals surface area contributed by atoms with E-state index in [-0.39, 0.29) is 5.56 Å². The van der Waals surface area contributed by atoms with Crippen LogP contribution in [0, 0.1) is 12.3 Å². The van der Waals surface area contributed by atoms with Crippen LogP contribution < -0.4 is 5.56 Å². The van der Waals surface area contributed by atoms with Crippen molar-refractivity contribution in [2.75, 3.05) is 6.54 Å². The summed E-state index contributed by atoms with van der Waals surface area (Å²) in [6, 6.07) is 2.18. The number of aryl methyl sites for hydroxylation is 1. The molecule has 0 aromatic carbocycles. The number of piperidine rings is 1. The van der Waals surface area contributed by atoms with E-state index >= 15 is 0 Å². The second-order valence-electron chi connectivity index (χ2n) is 6.22. The van der Waals surface area contributed by atoms with Gasteiger partial charge in [-0.25, -0.2) is 4.79 Å². The van der Waals surface area contributed by atoms with Crippen molar-refractivity contribution < 1.29 is 14.7 Å². The number of H-pyrrole nitrogens is 1. The van der Waals surface area contributed by atoms with Crippen LogP contribution in [0.3, 0.4) is 0 Å². The Hall–Kier alpha value is -2.11. The number of nitrogens with zero attached hydrogens (tertiary/aromatic N) is 1. The van der Waals surface area contributed by atoms with Crippen LogP contribution in [-0.2, 0) is 4.79 Å². The van der Waals surface area contributed by atoms with Crippen molar-refractivity contribution in [1.29, 1.82) is 0 Å².